The second-order valence-electron chi connectivity index (χ2n) is 18.6. The fourth-order valence-corrected chi connectivity index (χ4v) is 8.62. The highest BCUT2D eigenvalue weighted by Gasteiger charge is 2.44. The molecular formula is C50H99NO10. The Kier molecular flexibility index (Phi) is 38.7. The molecule has 1 saturated heterocycles. The zero-order valence-electron chi connectivity index (χ0n) is 39.4. The van der Waals surface area contributed by atoms with E-state index in [0.29, 0.717) is 19.3 Å². The molecule has 11 heteroatoms. The molecule has 0 saturated carbocycles. The largest absolute Gasteiger partial charge is 0.394 e. The van der Waals surface area contributed by atoms with Gasteiger partial charge in [0.2, 0.25) is 5.91 Å². The number of rotatable bonds is 44. The lowest BCUT2D eigenvalue weighted by atomic mass is 9.98. The first-order chi connectivity index (χ1) is 29.7. The van der Waals surface area contributed by atoms with Crippen LogP contribution in [0.5, 0.6) is 0 Å². The van der Waals surface area contributed by atoms with Gasteiger partial charge in [0.25, 0.3) is 0 Å². The molecule has 1 fully saturated rings. The van der Waals surface area contributed by atoms with Crippen molar-refractivity contribution in [3.8, 4) is 0 Å². The Morgan fingerprint density at radius 1 is 0.508 bits per heavy atom. The summed E-state index contributed by atoms with van der Waals surface area (Å²) in [4.78, 5) is 13.0. The van der Waals surface area contributed by atoms with E-state index in [9.17, 15) is 40.5 Å². The predicted octanol–water partition coefficient (Wildman–Crippen LogP) is 9.45. The van der Waals surface area contributed by atoms with Gasteiger partial charge in [-0.15, -0.1) is 0 Å². The molecule has 1 amide bonds. The third kappa shape index (κ3) is 30.0. The van der Waals surface area contributed by atoms with Crippen molar-refractivity contribution >= 4 is 5.91 Å². The molecule has 0 aromatic rings. The summed E-state index contributed by atoms with van der Waals surface area (Å²) in [6.45, 7) is 3.26. The molecule has 0 aromatic carbocycles. The van der Waals surface area contributed by atoms with Crippen molar-refractivity contribution in [2.75, 3.05) is 13.2 Å². The Morgan fingerprint density at radius 2 is 0.852 bits per heavy atom. The van der Waals surface area contributed by atoms with Crippen molar-refractivity contribution in [3.05, 3.63) is 0 Å². The summed E-state index contributed by atoms with van der Waals surface area (Å²) < 4.78 is 11.0. The van der Waals surface area contributed by atoms with Gasteiger partial charge in [-0.1, -0.05) is 232 Å². The SMILES string of the molecule is CCCCCCCCCCCCCCCCCCCCCCCCCCCCCCCCCC(O)C(=O)NC(COC1OC(CO)C(O)C(O)C1O)C(O)C(O)CCCCC. The molecule has 9 unspecified atom stereocenters. The van der Waals surface area contributed by atoms with Crippen LogP contribution in [-0.2, 0) is 14.3 Å². The van der Waals surface area contributed by atoms with E-state index in [1.54, 1.807) is 0 Å². The van der Waals surface area contributed by atoms with Crippen molar-refractivity contribution in [2.45, 2.75) is 300 Å². The van der Waals surface area contributed by atoms with E-state index in [2.05, 4.69) is 12.2 Å². The lowest BCUT2D eigenvalue weighted by molar-refractivity contribution is -0.303. The standard InChI is InChI=1S/C50H99NO10/c1-3-5-7-8-9-10-11-12-13-14-15-16-17-18-19-20-21-22-23-24-25-26-27-28-29-30-31-32-33-34-36-38-43(54)49(59)51-41(45(55)42(53)37-35-6-4-2)40-60-50-48(58)47(57)46(56)44(39-52)61-50/h41-48,50,52-58H,3-40H2,1-2H3,(H,51,59). The molecule has 364 valence electrons. The number of amides is 1. The molecule has 1 aliphatic rings. The quantitative estimate of drug-likeness (QED) is 0.0274. The summed E-state index contributed by atoms with van der Waals surface area (Å²) in [5.74, 6) is -0.701. The predicted molar refractivity (Wildman–Crippen MR) is 247 cm³/mol. The highest BCUT2D eigenvalue weighted by atomic mass is 16.7. The minimum atomic E-state index is -1.65. The van der Waals surface area contributed by atoms with Crippen LogP contribution < -0.4 is 5.32 Å². The summed E-state index contributed by atoms with van der Waals surface area (Å²) in [6.07, 6.45) is 33.1. The van der Waals surface area contributed by atoms with Gasteiger partial charge < -0.3 is 50.5 Å². The van der Waals surface area contributed by atoms with Crippen LogP contribution in [0.4, 0.5) is 0 Å². The zero-order chi connectivity index (χ0) is 44.8. The van der Waals surface area contributed by atoms with E-state index >= 15 is 0 Å². The highest BCUT2D eigenvalue weighted by molar-refractivity contribution is 5.80. The van der Waals surface area contributed by atoms with E-state index in [0.717, 1.165) is 32.1 Å². The summed E-state index contributed by atoms with van der Waals surface area (Å²) in [5.41, 5.74) is 0. The topological polar surface area (TPSA) is 189 Å². The van der Waals surface area contributed by atoms with Crippen LogP contribution in [0.15, 0.2) is 0 Å². The molecule has 1 aliphatic heterocycles. The second-order valence-corrected chi connectivity index (χ2v) is 18.6. The molecule has 0 bridgehead atoms. The van der Waals surface area contributed by atoms with Crippen LogP contribution >= 0.6 is 0 Å². The number of nitrogens with one attached hydrogen (secondary N) is 1. The third-order valence-corrected chi connectivity index (χ3v) is 12.9. The summed E-state index contributed by atoms with van der Waals surface area (Å²) in [6, 6.07) is -1.16. The summed E-state index contributed by atoms with van der Waals surface area (Å²) in [7, 11) is 0. The second kappa shape index (κ2) is 40.6. The van der Waals surface area contributed by atoms with Gasteiger partial charge in [0.1, 0.15) is 36.6 Å². The van der Waals surface area contributed by atoms with Crippen molar-refractivity contribution in [3.63, 3.8) is 0 Å². The minimum Gasteiger partial charge on any atom is -0.394 e. The molecule has 0 radical (unpaired) electrons. The maximum Gasteiger partial charge on any atom is 0.249 e. The first-order valence-electron chi connectivity index (χ1n) is 25.9. The number of aliphatic hydroxyl groups excluding tert-OH is 7. The molecule has 0 aliphatic carbocycles. The molecule has 8 N–H and O–H groups in total. The van der Waals surface area contributed by atoms with Gasteiger partial charge in [0, 0.05) is 0 Å². The third-order valence-electron chi connectivity index (χ3n) is 12.9. The van der Waals surface area contributed by atoms with E-state index < -0.39 is 74.2 Å². The summed E-state index contributed by atoms with van der Waals surface area (Å²) in [5, 5.41) is 74.7. The van der Waals surface area contributed by atoms with Crippen molar-refractivity contribution in [1.82, 2.24) is 5.32 Å². The van der Waals surface area contributed by atoms with Crippen LogP contribution in [0.25, 0.3) is 0 Å². The first-order valence-corrected chi connectivity index (χ1v) is 25.9. The van der Waals surface area contributed by atoms with Gasteiger partial charge >= 0.3 is 0 Å². The number of ether oxygens (including phenoxy) is 2. The van der Waals surface area contributed by atoms with Crippen molar-refractivity contribution in [1.29, 1.82) is 0 Å². The molecule has 0 aromatic heterocycles. The smallest absolute Gasteiger partial charge is 0.249 e. The van der Waals surface area contributed by atoms with E-state index in [1.165, 1.54) is 173 Å². The van der Waals surface area contributed by atoms with Gasteiger partial charge in [-0.3, -0.25) is 4.79 Å². The lowest BCUT2D eigenvalue weighted by Crippen LogP contribution is -2.60. The normalized spacial score (nSPS) is 21.4. The highest BCUT2D eigenvalue weighted by Crippen LogP contribution is 2.23. The van der Waals surface area contributed by atoms with Crippen LogP contribution in [0.3, 0.4) is 0 Å². The van der Waals surface area contributed by atoms with Crippen molar-refractivity contribution < 1.29 is 50.0 Å². The number of carbonyl (C=O) groups excluding carboxylic acids is 1. The Morgan fingerprint density at radius 3 is 1.23 bits per heavy atom. The van der Waals surface area contributed by atoms with Crippen LogP contribution in [0.1, 0.15) is 245 Å². The fourth-order valence-electron chi connectivity index (χ4n) is 8.62. The first kappa shape index (κ1) is 58.1. The van der Waals surface area contributed by atoms with E-state index in [-0.39, 0.29) is 6.42 Å². The van der Waals surface area contributed by atoms with Crippen LogP contribution in [0.2, 0.25) is 0 Å². The Labute approximate surface area is 373 Å². The van der Waals surface area contributed by atoms with E-state index in [4.69, 9.17) is 9.47 Å². The number of hydrogen-bond donors (Lipinski definition) is 8. The number of aliphatic hydroxyl groups is 7. The van der Waals surface area contributed by atoms with Crippen LogP contribution in [-0.4, -0.2) is 110 Å². The average molecular weight is 874 g/mol. The molecule has 11 nitrogen and oxygen atoms in total. The Hall–Kier alpha value is -0.890. The van der Waals surface area contributed by atoms with Gasteiger partial charge in [-0.05, 0) is 12.8 Å². The van der Waals surface area contributed by atoms with Gasteiger partial charge in [0.15, 0.2) is 6.29 Å². The van der Waals surface area contributed by atoms with Gasteiger partial charge in [0.05, 0.1) is 25.4 Å². The fraction of sp³-hybridized carbons (Fsp3) is 0.980. The zero-order valence-corrected chi connectivity index (χ0v) is 39.4. The van der Waals surface area contributed by atoms with Crippen LogP contribution in [0, 0.1) is 0 Å². The molecule has 1 rings (SSSR count). The Balaban J connectivity index is 2.04. The van der Waals surface area contributed by atoms with Gasteiger partial charge in [-0.2, -0.15) is 0 Å². The average Bonchev–Trinajstić information content (AvgIpc) is 3.26. The number of hydrogen-bond acceptors (Lipinski definition) is 10. The maximum absolute atomic E-state index is 13.0. The maximum atomic E-state index is 13.0. The Bertz CT molecular complexity index is 959. The van der Waals surface area contributed by atoms with Crippen molar-refractivity contribution in [2.24, 2.45) is 0 Å². The molecule has 9 atom stereocenters. The van der Waals surface area contributed by atoms with E-state index in [1.807, 2.05) is 6.92 Å². The molecule has 0 spiro atoms. The number of carbonyl (C=O) groups is 1. The monoisotopic (exact) mass is 874 g/mol. The lowest BCUT2D eigenvalue weighted by Gasteiger charge is -2.40. The molecule has 61 heavy (non-hydrogen) atoms. The minimum absolute atomic E-state index is 0.265. The summed E-state index contributed by atoms with van der Waals surface area (Å²) >= 11 is 0. The molecular weight excluding hydrogens is 775 g/mol. The molecule has 1 heterocycles. The number of unbranched alkanes of at least 4 members (excludes halogenated alkanes) is 32. The van der Waals surface area contributed by atoms with Gasteiger partial charge in [-0.25, -0.2) is 0 Å².